The van der Waals surface area contributed by atoms with Crippen LogP contribution in [0.15, 0.2) is 27.4 Å². The van der Waals surface area contributed by atoms with E-state index in [1.165, 1.54) is 19.3 Å². The number of nitrogens with zero attached hydrogens (tertiary/aromatic N) is 3. The number of carbonyl (C=O) groups is 1. The van der Waals surface area contributed by atoms with Crippen molar-refractivity contribution in [2.24, 2.45) is 0 Å². The number of benzene rings is 1. The largest absolute Gasteiger partial charge is 0.389 e. The van der Waals surface area contributed by atoms with E-state index in [1.54, 1.807) is 18.0 Å². The van der Waals surface area contributed by atoms with Crippen LogP contribution in [-0.4, -0.2) is 60.5 Å². The van der Waals surface area contributed by atoms with Gasteiger partial charge in [-0.2, -0.15) is 4.98 Å². The number of hydrogen-bond acceptors (Lipinski definition) is 6. The maximum absolute atomic E-state index is 12.3. The summed E-state index contributed by atoms with van der Waals surface area (Å²) < 4.78 is 5.20. The van der Waals surface area contributed by atoms with Gasteiger partial charge < -0.3 is 19.5 Å². The molecule has 1 aliphatic rings. The van der Waals surface area contributed by atoms with Crippen molar-refractivity contribution in [1.82, 2.24) is 14.8 Å². The Bertz CT molecular complexity index is 827. The molecule has 0 spiro atoms. The molecule has 7 nitrogen and oxygen atoms in total. The fraction of sp³-hybridized carbons (Fsp3) is 0.526. The van der Waals surface area contributed by atoms with Gasteiger partial charge in [0, 0.05) is 20.1 Å². The van der Waals surface area contributed by atoms with E-state index in [4.69, 9.17) is 4.42 Å². The molecule has 1 fully saturated rings. The Hall–Kier alpha value is -2.41. The minimum atomic E-state index is -0.443. The van der Waals surface area contributed by atoms with Gasteiger partial charge in [-0.05, 0) is 44.5 Å². The van der Waals surface area contributed by atoms with E-state index < -0.39 is 5.63 Å². The van der Waals surface area contributed by atoms with E-state index in [-0.39, 0.29) is 18.5 Å². The molecule has 26 heavy (non-hydrogen) atoms. The minimum absolute atomic E-state index is 0.0454. The smallest absolute Gasteiger partial charge is 0.348 e. The topological polar surface area (TPSA) is 78.7 Å². The van der Waals surface area contributed by atoms with Crippen LogP contribution in [0.25, 0.3) is 10.9 Å². The van der Waals surface area contributed by atoms with Crippen LogP contribution in [0.1, 0.15) is 24.8 Å². The fourth-order valence-corrected chi connectivity index (χ4v) is 3.24. The first-order chi connectivity index (χ1) is 12.5. The van der Waals surface area contributed by atoms with E-state index in [9.17, 15) is 9.59 Å². The van der Waals surface area contributed by atoms with Crippen LogP contribution in [0, 0.1) is 6.92 Å². The standard InChI is InChI=1S/C19H26N4O3/c1-14-7-6-8-15-17(14)18(25)26-19(21-15)20-13-16(24)22(2)11-12-23-9-4-3-5-10-23/h6-8H,3-5,9-13H2,1-2H3,(H,20,21). The maximum Gasteiger partial charge on any atom is 0.348 e. The minimum Gasteiger partial charge on any atom is -0.389 e. The average Bonchev–Trinajstić information content (AvgIpc) is 2.64. The highest BCUT2D eigenvalue weighted by Gasteiger charge is 2.14. The normalized spacial score (nSPS) is 15.2. The van der Waals surface area contributed by atoms with Crippen LogP contribution < -0.4 is 10.9 Å². The quantitative estimate of drug-likeness (QED) is 0.849. The van der Waals surface area contributed by atoms with Crippen LogP contribution in [0.5, 0.6) is 0 Å². The van der Waals surface area contributed by atoms with Crippen molar-refractivity contribution >= 4 is 22.8 Å². The molecule has 140 valence electrons. The lowest BCUT2D eigenvalue weighted by atomic mass is 10.1. The van der Waals surface area contributed by atoms with Crippen molar-refractivity contribution in [3.05, 3.63) is 34.2 Å². The number of nitrogens with one attached hydrogen (secondary N) is 1. The first-order valence-electron chi connectivity index (χ1n) is 9.15. The first kappa shape index (κ1) is 18.4. The van der Waals surface area contributed by atoms with Gasteiger partial charge in [-0.15, -0.1) is 0 Å². The third kappa shape index (κ3) is 4.40. The monoisotopic (exact) mass is 358 g/mol. The summed E-state index contributed by atoms with van der Waals surface area (Å²) in [5.74, 6) is -0.0594. The molecule has 2 aromatic rings. The Morgan fingerprint density at radius 3 is 2.85 bits per heavy atom. The van der Waals surface area contributed by atoms with Crippen LogP contribution in [-0.2, 0) is 4.79 Å². The molecule has 0 bridgehead atoms. The number of aromatic nitrogens is 1. The van der Waals surface area contributed by atoms with Gasteiger partial charge in [-0.1, -0.05) is 18.6 Å². The summed E-state index contributed by atoms with van der Waals surface area (Å²) in [6.07, 6.45) is 3.79. The van der Waals surface area contributed by atoms with E-state index in [2.05, 4.69) is 15.2 Å². The highest BCUT2D eigenvalue weighted by atomic mass is 16.4. The molecule has 0 atom stereocenters. The molecule has 2 heterocycles. The lowest BCUT2D eigenvalue weighted by Gasteiger charge is -2.28. The van der Waals surface area contributed by atoms with E-state index in [0.29, 0.717) is 17.4 Å². The second kappa shape index (κ2) is 8.31. The zero-order chi connectivity index (χ0) is 18.5. The predicted molar refractivity (Wildman–Crippen MR) is 101 cm³/mol. The molecule has 7 heteroatoms. The number of hydrogen-bond donors (Lipinski definition) is 1. The summed E-state index contributed by atoms with van der Waals surface area (Å²) in [5, 5.41) is 3.31. The summed E-state index contributed by atoms with van der Waals surface area (Å²) in [6.45, 7) is 5.70. The van der Waals surface area contributed by atoms with Crippen molar-refractivity contribution in [1.29, 1.82) is 0 Å². The van der Waals surface area contributed by atoms with Gasteiger partial charge in [0.1, 0.15) is 0 Å². The van der Waals surface area contributed by atoms with Crippen LogP contribution in [0.3, 0.4) is 0 Å². The van der Waals surface area contributed by atoms with Crippen molar-refractivity contribution in [2.45, 2.75) is 26.2 Å². The lowest BCUT2D eigenvalue weighted by Crippen LogP contribution is -2.40. The van der Waals surface area contributed by atoms with Crippen LogP contribution in [0.4, 0.5) is 6.01 Å². The van der Waals surface area contributed by atoms with Gasteiger partial charge in [0.2, 0.25) is 5.91 Å². The highest BCUT2D eigenvalue weighted by molar-refractivity contribution is 5.82. The molecule has 0 saturated carbocycles. The molecule has 1 amide bonds. The Labute approximate surface area is 153 Å². The van der Waals surface area contributed by atoms with Gasteiger partial charge in [-0.3, -0.25) is 4.79 Å². The van der Waals surface area contributed by atoms with Gasteiger partial charge >= 0.3 is 5.63 Å². The summed E-state index contributed by atoms with van der Waals surface area (Å²) in [5.41, 5.74) is 0.944. The Morgan fingerprint density at radius 2 is 2.08 bits per heavy atom. The Balaban J connectivity index is 1.55. The molecule has 0 radical (unpaired) electrons. The first-order valence-corrected chi connectivity index (χ1v) is 9.15. The Morgan fingerprint density at radius 1 is 1.31 bits per heavy atom. The number of piperidine rings is 1. The second-order valence-corrected chi connectivity index (χ2v) is 6.85. The molecule has 1 N–H and O–H groups in total. The van der Waals surface area contributed by atoms with E-state index in [0.717, 1.165) is 25.2 Å². The predicted octanol–water partition coefficient (Wildman–Crippen LogP) is 1.85. The average molecular weight is 358 g/mol. The molecule has 1 saturated heterocycles. The lowest BCUT2D eigenvalue weighted by molar-refractivity contribution is -0.128. The SMILES string of the molecule is Cc1cccc2nc(NCC(=O)N(C)CCN3CCCCC3)oc(=O)c12. The third-order valence-corrected chi connectivity index (χ3v) is 4.88. The molecule has 0 aliphatic carbocycles. The zero-order valence-corrected chi connectivity index (χ0v) is 15.5. The molecule has 0 unspecified atom stereocenters. The van der Waals surface area contributed by atoms with E-state index >= 15 is 0 Å². The van der Waals surface area contributed by atoms with Crippen molar-refractivity contribution in [3.8, 4) is 0 Å². The second-order valence-electron chi connectivity index (χ2n) is 6.85. The van der Waals surface area contributed by atoms with Crippen molar-refractivity contribution < 1.29 is 9.21 Å². The molecule has 1 aromatic heterocycles. The molecular formula is C19H26N4O3. The number of fused-ring (bicyclic) bond motifs is 1. The van der Waals surface area contributed by atoms with Gasteiger partial charge in [0.15, 0.2) is 0 Å². The summed E-state index contributed by atoms with van der Waals surface area (Å²) >= 11 is 0. The van der Waals surface area contributed by atoms with Gasteiger partial charge in [0.25, 0.3) is 6.01 Å². The maximum atomic E-state index is 12.3. The summed E-state index contributed by atoms with van der Waals surface area (Å²) in [7, 11) is 1.79. The number of anilines is 1. The summed E-state index contributed by atoms with van der Waals surface area (Å²) in [6, 6.07) is 5.52. The number of aryl methyl sites for hydroxylation is 1. The third-order valence-electron chi connectivity index (χ3n) is 4.88. The fourth-order valence-electron chi connectivity index (χ4n) is 3.24. The molecular weight excluding hydrogens is 332 g/mol. The zero-order valence-electron chi connectivity index (χ0n) is 15.5. The number of amides is 1. The Kier molecular flexibility index (Phi) is 5.88. The van der Waals surface area contributed by atoms with Crippen molar-refractivity contribution in [2.75, 3.05) is 45.1 Å². The van der Waals surface area contributed by atoms with Gasteiger partial charge in [0.05, 0.1) is 17.4 Å². The van der Waals surface area contributed by atoms with Crippen LogP contribution >= 0.6 is 0 Å². The van der Waals surface area contributed by atoms with Crippen molar-refractivity contribution in [3.63, 3.8) is 0 Å². The number of likely N-dealkylation sites (N-methyl/N-ethyl adjacent to an activating group) is 1. The summed E-state index contributed by atoms with van der Waals surface area (Å²) in [4.78, 5) is 32.8. The molecule has 3 rings (SSSR count). The van der Waals surface area contributed by atoms with Crippen LogP contribution in [0.2, 0.25) is 0 Å². The number of likely N-dealkylation sites (tertiary alicyclic amines) is 1. The number of carbonyl (C=O) groups excluding carboxylic acids is 1. The number of rotatable bonds is 6. The molecule has 1 aliphatic heterocycles. The highest BCUT2D eigenvalue weighted by Crippen LogP contribution is 2.14. The van der Waals surface area contributed by atoms with E-state index in [1.807, 2.05) is 19.1 Å². The molecule has 1 aromatic carbocycles. The van der Waals surface area contributed by atoms with Gasteiger partial charge in [-0.25, -0.2) is 4.79 Å².